The second-order valence-corrected chi connectivity index (χ2v) is 10.2. The van der Waals surface area contributed by atoms with Crippen molar-refractivity contribution in [1.82, 2.24) is 19.9 Å². The zero-order valence-corrected chi connectivity index (χ0v) is 22.2. The summed E-state index contributed by atoms with van der Waals surface area (Å²) in [6.45, 7) is 7.93. The van der Waals surface area contributed by atoms with Crippen LogP contribution in [-0.4, -0.2) is 38.5 Å². The molecular weight excluding hydrogens is 483 g/mol. The minimum Gasteiger partial charge on any atom is -0.550 e. The summed E-state index contributed by atoms with van der Waals surface area (Å²) < 4.78 is 22.3. The van der Waals surface area contributed by atoms with Crippen molar-refractivity contribution in [2.45, 2.75) is 58.7 Å². The maximum atomic E-state index is 14.5. The first-order valence-electron chi connectivity index (χ1n) is 13.0. The number of aromatic nitrogens is 3. The average Bonchev–Trinajstić information content (AvgIpc) is 3.16. The van der Waals surface area contributed by atoms with Crippen LogP contribution in [0.4, 0.5) is 4.39 Å². The fourth-order valence-corrected chi connectivity index (χ4v) is 5.46. The molecule has 2 atom stereocenters. The van der Waals surface area contributed by atoms with Crippen molar-refractivity contribution in [3.63, 3.8) is 0 Å². The van der Waals surface area contributed by atoms with Gasteiger partial charge in [-0.3, -0.25) is 4.90 Å². The Labute approximate surface area is 221 Å². The Kier molecular flexibility index (Phi) is 7.17. The van der Waals surface area contributed by atoms with Crippen LogP contribution in [0.1, 0.15) is 59.1 Å². The first-order valence-corrected chi connectivity index (χ1v) is 13.0. The third-order valence-electron chi connectivity index (χ3n) is 7.64. The molecule has 0 aliphatic carbocycles. The minimum absolute atomic E-state index is 0.121. The van der Waals surface area contributed by atoms with E-state index in [4.69, 9.17) is 4.74 Å². The van der Waals surface area contributed by atoms with Crippen molar-refractivity contribution in [3.05, 3.63) is 87.7 Å². The molecule has 0 saturated heterocycles. The Morgan fingerprint density at radius 1 is 1.21 bits per heavy atom. The van der Waals surface area contributed by atoms with E-state index in [-0.39, 0.29) is 18.3 Å². The SMILES string of the molecule is CC[C@@H]1CN(Cc2cc([C@@H](CC(=O)[O-])c3ccc4c(nnn4C)c3C)ccc2C)Cc2cccc(F)c2O1. The van der Waals surface area contributed by atoms with E-state index in [0.29, 0.717) is 25.4 Å². The van der Waals surface area contributed by atoms with Crippen LogP contribution in [0.5, 0.6) is 5.75 Å². The number of nitrogens with zero attached hydrogens (tertiary/aromatic N) is 4. The van der Waals surface area contributed by atoms with Gasteiger partial charge in [-0.1, -0.05) is 48.5 Å². The number of hydrogen-bond donors (Lipinski definition) is 0. The zero-order valence-electron chi connectivity index (χ0n) is 22.2. The van der Waals surface area contributed by atoms with Gasteiger partial charge in [0.1, 0.15) is 11.6 Å². The van der Waals surface area contributed by atoms with Crippen LogP contribution in [-0.2, 0) is 24.9 Å². The Hall–Kier alpha value is -3.78. The highest BCUT2D eigenvalue weighted by atomic mass is 19.1. The molecule has 0 bridgehead atoms. The first kappa shape index (κ1) is 25.9. The topological polar surface area (TPSA) is 83.3 Å². The Balaban J connectivity index is 1.50. The molecule has 0 fully saturated rings. The van der Waals surface area contributed by atoms with Crippen molar-refractivity contribution in [2.24, 2.45) is 7.05 Å². The van der Waals surface area contributed by atoms with Crippen LogP contribution in [0, 0.1) is 19.7 Å². The Bertz CT molecular complexity index is 1500. The van der Waals surface area contributed by atoms with E-state index in [2.05, 4.69) is 28.2 Å². The first-order chi connectivity index (χ1) is 18.2. The van der Waals surface area contributed by atoms with E-state index in [1.165, 1.54) is 6.07 Å². The van der Waals surface area contributed by atoms with Gasteiger partial charge in [0.15, 0.2) is 11.6 Å². The molecule has 0 amide bonds. The molecule has 5 rings (SSSR count). The second-order valence-electron chi connectivity index (χ2n) is 10.2. The summed E-state index contributed by atoms with van der Waals surface area (Å²) in [5.74, 6) is -1.49. The molecule has 38 heavy (non-hydrogen) atoms. The summed E-state index contributed by atoms with van der Waals surface area (Å²) in [7, 11) is 1.84. The van der Waals surface area contributed by atoms with Crippen LogP contribution in [0.2, 0.25) is 0 Å². The van der Waals surface area contributed by atoms with Gasteiger partial charge >= 0.3 is 0 Å². The lowest BCUT2D eigenvalue weighted by Gasteiger charge is -2.26. The third kappa shape index (κ3) is 5.00. The summed E-state index contributed by atoms with van der Waals surface area (Å²) >= 11 is 0. The number of carbonyl (C=O) groups excluding carboxylic acids is 1. The number of para-hydroxylation sites is 1. The average molecular weight is 516 g/mol. The molecule has 4 aromatic rings. The highest BCUT2D eigenvalue weighted by Gasteiger charge is 2.25. The van der Waals surface area contributed by atoms with Crippen molar-refractivity contribution in [2.75, 3.05) is 6.54 Å². The number of benzene rings is 3. The van der Waals surface area contributed by atoms with Gasteiger partial charge in [-0.05, 0) is 66.6 Å². The largest absolute Gasteiger partial charge is 0.550 e. The molecular formula is C30H32FN4O3-. The fourth-order valence-electron chi connectivity index (χ4n) is 5.46. The van der Waals surface area contributed by atoms with Crippen LogP contribution < -0.4 is 9.84 Å². The molecule has 1 aromatic heterocycles. The predicted molar refractivity (Wildman–Crippen MR) is 141 cm³/mol. The van der Waals surface area contributed by atoms with Crippen molar-refractivity contribution >= 4 is 17.0 Å². The van der Waals surface area contributed by atoms with Crippen LogP contribution >= 0.6 is 0 Å². The number of carboxylic acid groups (broad SMARTS) is 1. The van der Waals surface area contributed by atoms with E-state index in [9.17, 15) is 14.3 Å². The number of ether oxygens (including phenoxy) is 1. The molecule has 0 saturated carbocycles. The van der Waals surface area contributed by atoms with E-state index in [0.717, 1.165) is 50.8 Å². The highest BCUT2D eigenvalue weighted by Crippen LogP contribution is 2.35. The number of carbonyl (C=O) groups is 1. The summed E-state index contributed by atoms with van der Waals surface area (Å²) in [4.78, 5) is 14.1. The van der Waals surface area contributed by atoms with Crippen molar-refractivity contribution < 1.29 is 19.0 Å². The van der Waals surface area contributed by atoms with Crippen molar-refractivity contribution in [1.29, 1.82) is 0 Å². The zero-order chi connectivity index (χ0) is 27.0. The van der Waals surface area contributed by atoms with Gasteiger partial charge in [0.25, 0.3) is 0 Å². The van der Waals surface area contributed by atoms with Crippen LogP contribution in [0.25, 0.3) is 11.0 Å². The summed E-state index contributed by atoms with van der Waals surface area (Å²) in [5.41, 5.74) is 7.42. The Morgan fingerprint density at radius 3 is 2.79 bits per heavy atom. The maximum absolute atomic E-state index is 14.5. The van der Waals surface area contributed by atoms with Gasteiger partial charge in [0.05, 0.1) is 5.52 Å². The lowest BCUT2D eigenvalue weighted by Crippen LogP contribution is -2.32. The van der Waals surface area contributed by atoms with Gasteiger partial charge in [-0.2, -0.15) is 0 Å². The van der Waals surface area contributed by atoms with Gasteiger partial charge in [-0.25, -0.2) is 9.07 Å². The lowest BCUT2D eigenvalue weighted by molar-refractivity contribution is -0.306. The monoisotopic (exact) mass is 515 g/mol. The number of aryl methyl sites for hydroxylation is 3. The summed E-state index contributed by atoms with van der Waals surface area (Å²) in [6, 6.07) is 15.1. The molecule has 0 radical (unpaired) electrons. The molecule has 198 valence electrons. The molecule has 0 spiro atoms. The summed E-state index contributed by atoms with van der Waals surface area (Å²) in [5, 5.41) is 20.3. The number of halogens is 1. The van der Waals surface area contributed by atoms with E-state index in [1.807, 2.05) is 51.2 Å². The number of fused-ring (bicyclic) bond motifs is 2. The Morgan fingerprint density at radius 2 is 2.03 bits per heavy atom. The van der Waals surface area contributed by atoms with Gasteiger partial charge in [0.2, 0.25) is 0 Å². The predicted octanol–water partition coefficient (Wildman–Crippen LogP) is 4.17. The number of carboxylic acids is 1. The van der Waals surface area contributed by atoms with E-state index >= 15 is 0 Å². The fraction of sp³-hybridized carbons (Fsp3) is 0.367. The van der Waals surface area contributed by atoms with E-state index in [1.54, 1.807) is 10.7 Å². The van der Waals surface area contributed by atoms with Gasteiger partial charge < -0.3 is 14.6 Å². The van der Waals surface area contributed by atoms with E-state index < -0.39 is 11.9 Å². The van der Waals surface area contributed by atoms with Crippen LogP contribution in [0.15, 0.2) is 48.5 Å². The minimum atomic E-state index is -1.11. The molecule has 0 N–H and O–H groups in total. The van der Waals surface area contributed by atoms with Gasteiger partial charge in [0, 0.05) is 44.1 Å². The molecule has 8 heteroatoms. The second kappa shape index (κ2) is 10.5. The molecule has 1 aliphatic heterocycles. The lowest BCUT2D eigenvalue weighted by atomic mass is 9.84. The summed E-state index contributed by atoms with van der Waals surface area (Å²) in [6.07, 6.45) is 0.502. The quantitative estimate of drug-likeness (QED) is 0.367. The normalized spacial score (nSPS) is 16.6. The third-order valence-corrected chi connectivity index (χ3v) is 7.64. The number of rotatable bonds is 7. The molecule has 7 nitrogen and oxygen atoms in total. The highest BCUT2D eigenvalue weighted by molar-refractivity contribution is 5.80. The molecule has 0 unspecified atom stereocenters. The van der Waals surface area contributed by atoms with Gasteiger partial charge in [-0.15, -0.1) is 5.10 Å². The van der Waals surface area contributed by atoms with Crippen LogP contribution in [0.3, 0.4) is 0 Å². The molecule has 1 aliphatic rings. The smallest absolute Gasteiger partial charge is 0.165 e. The standard InChI is InChI=1S/C30H33FN4O3/c1-5-23-17-35(15-21-7-6-8-26(31)30(21)38-23)16-22-13-20(10-9-18(22)2)25(14-28(36)37)24-11-12-27-29(19(24)3)32-33-34(27)4/h6-13,23,25H,5,14-17H2,1-4H3,(H,36,37)/p-1/t23-,25-/m1/s1. The maximum Gasteiger partial charge on any atom is 0.165 e. The number of aliphatic carboxylic acids is 1. The molecule has 2 heterocycles. The number of hydrogen-bond acceptors (Lipinski definition) is 6. The van der Waals surface area contributed by atoms with Crippen molar-refractivity contribution in [3.8, 4) is 5.75 Å². The molecule has 3 aromatic carbocycles.